The van der Waals surface area contributed by atoms with Crippen molar-refractivity contribution in [1.82, 2.24) is 4.31 Å². The number of morpholine rings is 1. The minimum Gasteiger partial charge on any atom is -0.373 e. The van der Waals surface area contributed by atoms with Gasteiger partial charge in [-0.3, -0.25) is 9.59 Å². The van der Waals surface area contributed by atoms with Crippen molar-refractivity contribution in [2.45, 2.75) is 43.8 Å². The van der Waals surface area contributed by atoms with Crippen LogP contribution in [0.5, 0.6) is 0 Å². The highest BCUT2D eigenvalue weighted by molar-refractivity contribution is 7.89. The van der Waals surface area contributed by atoms with Gasteiger partial charge < -0.3 is 15.0 Å². The first kappa shape index (κ1) is 23.7. The maximum absolute atomic E-state index is 13.3. The van der Waals surface area contributed by atoms with Crippen LogP contribution in [0.1, 0.15) is 37.0 Å². The van der Waals surface area contributed by atoms with Crippen LogP contribution in [0.4, 0.5) is 11.4 Å². The second-order valence-corrected chi connectivity index (χ2v) is 10.7. The van der Waals surface area contributed by atoms with Gasteiger partial charge in [0.1, 0.15) is 4.90 Å². The first-order chi connectivity index (χ1) is 15.7. The molecule has 0 aromatic heterocycles. The van der Waals surface area contributed by atoms with E-state index in [9.17, 15) is 18.0 Å². The Hall–Kier alpha value is -2.46. The molecule has 2 amide bonds. The highest BCUT2D eigenvalue weighted by Gasteiger charge is 2.34. The number of sulfonamides is 1. The second-order valence-electron chi connectivity index (χ2n) is 8.34. The number of halogens is 1. The van der Waals surface area contributed by atoms with Gasteiger partial charge in [-0.25, -0.2) is 8.42 Å². The SMILES string of the molecule is CC1CN(S(=O)(=O)c2cc(C(=O)Nc3ccccc3N3CCCC3=O)ccc2Cl)CC(C)O1. The number of anilines is 2. The van der Waals surface area contributed by atoms with E-state index in [0.29, 0.717) is 24.3 Å². The molecule has 2 saturated heterocycles. The van der Waals surface area contributed by atoms with Gasteiger partial charge in [-0.15, -0.1) is 0 Å². The summed E-state index contributed by atoms with van der Waals surface area (Å²) in [6.45, 7) is 4.62. The van der Waals surface area contributed by atoms with E-state index in [0.717, 1.165) is 6.42 Å². The summed E-state index contributed by atoms with van der Waals surface area (Å²) in [5, 5.41) is 2.85. The fourth-order valence-electron chi connectivity index (χ4n) is 4.22. The first-order valence-electron chi connectivity index (χ1n) is 10.8. The zero-order valence-electron chi connectivity index (χ0n) is 18.5. The van der Waals surface area contributed by atoms with Gasteiger partial charge in [0.15, 0.2) is 0 Å². The minimum atomic E-state index is -3.93. The maximum Gasteiger partial charge on any atom is 0.255 e. The molecule has 0 aliphatic carbocycles. The van der Waals surface area contributed by atoms with Crippen LogP contribution in [0.15, 0.2) is 47.4 Å². The number of rotatable bonds is 5. The Bertz CT molecular complexity index is 1180. The van der Waals surface area contributed by atoms with Crippen molar-refractivity contribution >= 4 is 44.8 Å². The molecule has 1 N–H and O–H groups in total. The lowest BCUT2D eigenvalue weighted by atomic mass is 10.2. The van der Waals surface area contributed by atoms with E-state index in [2.05, 4.69) is 5.32 Å². The third-order valence-electron chi connectivity index (χ3n) is 5.71. The molecule has 2 aliphatic heterocycles. The summed E-state index contributed by atoms with van der Waals surface area (Å²) in [7, 11) is -3.93. The molecule has 0 saturated carbocycles. The molecule has 2 aromatic rings. The molecule has 4 rings (SSSR count). The Morgan fingerprint density at radius 3 is 2.48 bits per heavy atom. The van der Waals surface area contributed by atoms with E-state index in [1.807, 2.05) is 13.8 Å². The van der Waals surface area contributed by atoms with Crippen molar-refractivity contribution in [3.8, 4) is 0 Å². The number of para-hydroxylation sites is 2. The molecule has 0 bridgehead atoms. The third kappa shape index (κ3) is 4.91. The van der Waals surface area contributed by atoms with Crippen LogP contribution < -0.4 is 10.2 Å². The van der Waals surface area contributed by atoms with Crippen LogP contribution in [0, 0.1) is 0 Å². The summed E-state index contributed by atoms with van der Waals surface area (Å²) >= 11 is 6.25. The number of benzene rings is 2. The lowest BCUT2D eigenvalue weighted by Crippen LogP contribution is -2.48. The molecule has 33 heavy (non-hydrogen) atoms. The monoisotopic (exact) mass is 491 g/mol. The number of hydrogen-bond acceptors (Lipinski definition) is 5. The largest absolute Gasteiger partial charge is 0.373 e. The molecule has 0 radical (unpaired) electrons. The maximum atomic E-state index is 13.3. The van der Waals surface area contributed by atoms with Gasteiger partial charge in [-0.2, -0.15) is 4.31 Å². The molecular weight excluding hydrogens is 466 g/mol. The van der Waals surface area contributed by atoms with Gasteiger partial charge >= 0.3 is 0 Å². The Kier molecular flexibility index (Phi) is 6.76. The Balaban J connectivity index is 1.61. The molecule has 2 aromatic carbocycles. The molecule has 8 nitrogen and oxygen atoms in total. The Labute approximate surface area is 198 Å². The highest BCUT2D eigenvalue weighted by Crippen LogP contribution is 2.31. The van der Waals surface area contributed by atoms with E-state index >= 15 is 0 Å². The van der Waals surface area contributed by atoms with Crippen LogP contribution in [-0.4, -0.2) is 56.4 Å². The normalized spacial score (nSPS) is 21.9. The molecule has 2 unspecified atom stereocenters. The number of amides is 2. The van der Waals surface area contributed by atoms with Crippen molar-refractivity contribution in [1.29, 1.82) is 0 Å². The molecule has 2 atom stereocenters. The van der Waals surface area contributed by atoms with Crippen molar-refractivity contribution in [3.05, 3.63) is 53.1 Å². The summed E-state index contributed by atoms with van der Waals surface area (Å²) in [6, 6.07) is 11.2. The van der Waals surface area contributed by atoms with Gasteiger partial charge in [0.2, 0.25) is 15.9 Å². The number of ether oxygens (including phenoxy) is 1. The fraction of sp³-hybridized carbons (Fsp3) is 0.391. The second kappa shape index (κ2) is 9.42. The Morgan fingerprint density at radius 2 is 1.82 bits per heavy atom. The molecular formula is C23H26ClN3O5S. The fourth-order valence-corrected chi connectivity index (χ4v) is 6.31. The van der Waals surface area contributed by atoms with E-state index in [1.165, 1.54) is 22.5 Å². The van der Waals surface area contributed by atoms with Gasteiger partial charge in [-0.1, -0.05) is 23.7 Å². The molecule has 0 spiro atoms. The third-order valence-corrected chi connectivity index (χ3v) is 8.03. The van der Waals surface area contributed by atoms with E-state index in [-0.39, 0.29) is 46.7 Å². The van der Waals surface area contributed by atoms with Crippen LogP contribution in [0.25, 0.3) is 0 Å². The van der Waals surface area contributed by atoms with E-state index in [1.54, 1.807) is 29.2 Å². The summed E-state index contributed by atoms with van der Waals surface area (Å²) < 4.78 is 33.6. The number of hydrogen-bond donors (Lipinski definition) is 1. The molecule has 2 heterocycles. The van der Waals surface area contributed by atoms with Crippen LogP contribution in [0.3, 0.4) is 0 Å². The summed E-state index contributed by atoms with van der Waals surface area (Å²) in [5.74, 6) is -0.489. The van der Waals surface area contributed by atoms with Gasteiger partial charge in [-0.05, 0) is 50.6 Å². The van der Waals surface area contributed by atoms with Gasteiger partial charge in [0.25, 0.3) is 5.91 Å². The number of nitrogens with zero attached hydrogens (tertiary/aromatic N) is 2. The Morgan fingerprint density at radius 1 is 1.12 bits per heavy atom. The van der Waals surface area contributed by atoms with Crippen molar-refractivity contribution in [3.63, 3.8) is 0 Å². The van der Waals surface area contributed by atoms with E-state index < -0.39 is 15.9 Å². The lowest BCUT2D eigenvalue weighted by Gasteiger charge is -2.34. The standard InChI is InChI=1S/C23H26ClN3O5S/c1-15-13-26(14-16(2)32-15)33(30,31)21-12-17(9-10-18(21)24)23(29)25-19-6-3-4-7-20(19)27-11-5-8-22(27)28/h3-4,6-7,9-10,12,15-16H,5,8,11,13-14H2,1-2H3,(H,25,29). The zero-order chi connectivity index (χ0) is 23.8. The topological polar surface area (TPSA) is 96.0 Å². The molecule has 2 aliphatic rings. The number of carbonyl (C=O) groups is 2. The number of nitrogens with one attached hydrogen (secondary N) is 1. The van der Waals surface area contributed by atoms with Crippen LogP contribution in [-0.2, 0) is 19.6 Å². The van der Waals surface area contributed by atoms with Crippen LogP contribution >= 0.6 is 11.6 Å². The number of carbonyl (C=O) groups excluding carboxylic acids is 2. The summed E-state index contributed by atoms with van der Waals surface area (Å²) in [6.07, 6.45) is 0.731. The molecule has 2 fully saturated rings. The average Bonchev–Trinajstić information content (AvgIpc) is 3.19. The van der Waals surface area contributed by atoms with Gasteiger partial charge in [0.05, 0.1) is 28.6 Å². The van der Waals surface area contributed by atoms with Crippen molar-refractivity contribution in [2.75, 3.05) is 29.9 Å². The molecule has 10 heteroatoms. The van der Waals surface area contributed by atoms with Crippen molar-refractivity contribution in [2.24, 2.45) is 0 Å². The predicted octanol–water partition coefficient (Wildman–Crippen LogP) is 3.52. The summed E-state index contributed by atoms with van der Waals surface area (Å²) in [5.41, 5.74) is 1.24. The minimum absolute atomic E-state index is 0.00513. The quantitative estimate of drug-likeness (QED) is 0.690. The highest BCUT2D eigenvalue weighted by atomic mass is 35.5. The van der Waals surface area contributed by atoms with E-state index in [4.69, 9.17) is 16.3 Å². The van der Waals surface area contributed by atoms with Gasteiger partial charge in [0, 0.05) is 31.6 Å². The summed E-state index contributed by atoms with van der Waals surface area (Å²) in [4.78, 5) is 26.8. The predicted molar refractivity (Wildman–Crippen MR) is 126 cm³/mol. The average molecular weight is 492 g/mol. The zero-order valence-corrected chi connectivity index (χ0v) is 20.0. The molecule has 176 valence electrons. The first-order valence-corrected chi connectivity index (χ1v) is 12.6. The smallest absolute Gasteiger partial charge is 0.255 e. The van der Waals surface area contributed by atoms with Crippen LogP contribution in [0.2, 0.25) is 5.02 Å². The lowest BCUT2D eigenvalue weighted by molar-refractivity contribution is -0.117. The van der Waals surface area contributed by atoms with Crippen molar-refractivity contribution < 1.29 is 22.7 Å².